The van der Waals surface area contributed by atoms with Crippen LogP contribution in [-0.2, 0) is 21.2 Å². The monoisotopic (exact) mass is 499 g/mol. The molecule has 0 N–H and O–H groups in total. The summed E-state index contributed by atoms with van der Waals surface area (Å²) < 4.78 is 36.6. The van der Waals surface area contributed by atoms with Crippen molar-refractivity contribution < 1.29 is 22.5 Å². The summed E-state index contributed by atoms with van der Waals surface area (Å²) in [7, 11) is -3.10. The van der Waals surface area contributed by atoms with Crippen LogP contribution in [0.4, 0.5) is 0 Å². The maximum atomic E-state index is 13.2. The van der Waals surface area contributed by atoms with E-state index in [0.717, 1.165) is 23.4 Å². The van der Waals surface area contributed by atoms with Crippen LogP contribution in [0.25, 0.3) is 21.7 Å². The fraction of sp³-hybridized carbons (Fsp3) is 0.409. The summed E-state index contributed by atoms with van der Waals surface area (Å²) in [4.78, 5) is 23.1. The van der Waals surface area contributed by atoms with Gasteiger partial charge in [0.15, 0.2) is 22.1 Å². The third-order valence-electron chi connectivity index (χ3n) is 6.16. The molecular weight excluding hydrogens is 478 g/mol. The van der Waals surface area contributed by atoms with Crippen molar-refractivity contribution in [2.45, 2.75) is 44.8 Å². The van der Waals surface area contributed by atoms with Crippen LogP contribution in [-0.4, -0.2) is 50.8 Å². The molecule has 1 atom stereocenters. The first kappa shape index (κ1) is 21.4. The van der Waals surface area contributed by atoms with Crippen molar-refractivity contribution in [1.29, 1.82) is 0 Å². The Balaban J connectivity index is 1.32. The Labute approximate surface area is 198 Å². The van der Waals surface area contributed by atoms with Gasteiger partial charge in [-0.2, -0.15) is 10.1 Å². The van der Waals surface area contributed by atoms with Gasteiger partial charge >= 0.3 is 5.97 Å². The molecule has 10 nitrogen and oxygen atoms in total. The molecule has 2 fully saturated rings. The Kier molecular flexibility index (Phi) is 5.03. The lowest BCUT2D eigenvalue weighted by Crippen LogP contribution is -2.14. The van der Waals surface area contributed by atoms with Crippen molar-refractivity contribution in [3.63, 3.8) is 0 Å². The number of thiophene rings is 1. The topological polar surface area (TPSA) is 130 Å². The number of pyridine rings is 1. The van der Waals surface area contributed by atoms with E-state index in [0.29, 0.717) is 34.5 Å². The van der Waals surface area contributed by atoms with E-state index in [-0.39, 0.29) is 36.0 Å². The molecule has 0 aromatic carbocycles. The molecule has 1 unspecified atom stereocenters. The molecule has 1 aliphatic heterocycles. The molecule has 176 valence electrons. The third-order valence-corrected chi connectivity index (χ3v) is 8.78. The van der Waals surface area contributed by atoms with E-state index in [1.807, 2.05) is 17.5 Å². The molecule has 6 rings (SSSR count). The fourth-order valence-corrected chi connectivity index (χ4v) is 6.67. The molecule has 12 heteroatoms. The number of esters is 1. The number of fused-ring (bicyclic) bond motifs is 1. The molecule has 5 heterocycles. The van der Waals surface area contributed by atoms with Gasteiger partial charge < -0.3 is 9.26 Å². The average molecular weight is 500 g/mol. The van der Waals surface area contributed by atoms with E-state index in [1.165, 1.54) is 11.3 Å². The van der Waals surface area contributed by atoms with Gasteiger partial charge in [0.1, 0.15) is 0 Å². The van der Waals surface area contributed by atoms with Gasteiger partial charge in [-0.3, -0.25) is 0 Å². The number of aryl methyl sites for hydroxylation is 1. The van der Waals surface area contributed by atoms with E-state index in [2.05, 4.69) is 15.2 Å². The van der Waals surface area contributed by atoms with Crippen LogP contribution in [0.5, 0.6) is 0 Å². The van der Waals surface area contributed by atoms with Crippen LogP contribution < -0.4 is 0 Å². The van der Waals surface area contributed by atoms with Crippen molar-refractivity contribution in [2.75, 3.05) is 11.5 Å². The molecule has 4 aromatic heterocycles. The molecule has 2 aliphatic rings. The minimum atomic E-state index is -3.10. The van der Waals surface area contributed by atoms with Crippen molar-refractivity contribution >= 4 is 38.2 Å². The second-order valence-corrected chi connectivity index (χ2v) is 11.9. The van der Waals surface area contributed by atoms with Crippen LogP contribution in [0, 0.1) is 6.92 Å². The standard InChI is InChI=1S/C22H21N5O5S2/c1-12-19-15(22(28)31-10-18-24-20(26-32-18)17-3-2-7-33-17)9-16(13-4-5-13)23-21(19)27(25-12)14-6-8-34(29,30)11-14/h2-3,7,9,13-14H,4-6,8,10-11H2,1H3. The number of ether oxygens (including phenoxy) is 1. The quantitative estimate of drug-likeness (QED) is 0.366. The summed E-state index contributed by atoms with van der Waals surface area (Å²) in [5.74, 6) is 0.567. The Hall–Kier alpha value is -3.12. The van der Waals surface area contributed by atoms with Gasteiger partial charge in [-0.1, -0.05) is 11.2 Å². The van der Waals surface area contributed by atoms with E-state index in [4.69, 9.17) is 14.2 Å². The minimum Gasteiger partial charge on any atom is -0.452 e. The van der Waals surface area contributed by atoms with Crippen LogP contribution >= 0.6 is 11.3 Å². The zero-order valence-electron chi connectivity index (χ0n) is 18.3. The fourth-order valence-electron chi connectivity index (χ4n) is 4.33. The number of nitrogens with zero attached hydrogens (tertiary/aromatic N) is 5. The highest BCUT2D eigenvalue weighted by atomic mass is 32.2. The van der Waals surface area contributed by atoms with E-state index in [9.17, 15) is 13.2 Å². The molecule has 0 spiro atoms. The molecule has 1 aliphatic carbocycles. The third kappa shape index (κ3) is 3.90. The Morgan fingerprint density at radius 1 is 1.29 bits per heavy atom. The van der Waals surface area contributed by atoms with Crippen molar-refractivity contribution in [2.24, 2.45) is 0 Å². The highest BCUT2D eigenvalue weighted by Crippen LogP contribution is 2.41. The van der Waals surface area contributed by atoms with Crippen LogP contribution in [0.3, 0.4) is 0 Å². The van der Waals surface area contributed by atoms with Gasteiger partial charge in [-0.05, 0) is 43.7 Å². The van der Waals surface area contributed by atoms with Gasteiger partial charge in [-0.25, -0.2) is 22.9 Å². The summed E-state index contributed by atoms with van der Waals surface area (Å²) in [6, 6.07) is 5.26. The first-order valence-corrected chi connectivity index (χ1v) is 13.7. The number of rotatable bonds is 6. The summed E-state index contributed by atoms with van der Waals surface area (Å²) in [6.07, 6.45) is 2.49. The van der Waals surface area contributed by atoms with Gasteiger partial charge in [0, 0.05) is 11.6 Å². The molecule has 0 amide bonds. The van der Waals surface area contributed by atoms with Crippen molar-refractivity contribution in [1.82, 2.24) is 24.9 Å². The number of carbonyl (C=O) groups excluding carboxylic acids is 1. The lowest BCUT2D eigenvalue weighted by molar-refractivity contribution is 0.0432. The number of hydrogen-bond acceptors (Lipinski definition) is 10. The van der Waals surface area contributed by atoms with E-state index < -0.39 is 15.8 Å². The highest BCUT2D eigenvalue weighted by molar-refractivity contribution is 7.91. The SMILES string of the molecule is Cc1nn(C2CCS(=O)(=O)C2)c2nc(C3CC3)cc(C(=O)OCc3nc(-c4cccs4)no3)c12. The molecule has 4 aromatic rings. The minimum absolute atomic E-state index is 0.0298. The molecular formula is C22H21N5O5S2. The second kappa shape index (κ2) is 7.98. The molecule has 0 bridgehead atoms. The maximum absolute atomic E-state index is 13.2. The summed E-state index contributed by atoms with van der Waals surface area (Å²) in [6.45, 7) is 1.64. The highest BCUT2D eigenvalue weighted by Gasteiger charge is 2.34. The zero-order chi connectivity index (χ0) is 23.4. The summed E-state index contributed by atoms with van der Waals surface area (Å²) in [5.41, 5.74) is 2.32. The molecule has 34 heavy (non-hydrogen) atoms. The molecule has 1 saturated heterocycles. The number of aromatic nitrogens is 5. The lowest BCUT2D eigenvalue weighted by atomic mass is 10.1. The summed E-state index contributed by atoms with van der Waals surface area (Å²) >= 11 is 1.49. The van der Waals surface area contributed by atoms with E-state index in [1.54, 1.807) is 17.7 Å². The van der Waals surface area contributed by atoms with Gasteiger partial charge in [0.2, 0.25) is 5.82 Å². The van der Waals surface area contributed by atoms with Crippen LogP contribution in [0.15, 0.2) is 28.1 Å². The zero-order valence-corrected chi connectivity index (χ0v) is 19.9. The Morgan fingerprint density at radius 2 is 2.15 bits per heavy atom. The van der Waals surface area contributed by atoms with Gasteiger partial charge in [0.25, 0.3) is 5.89 Å². The van der Waals surface area contributed by atoms with Gasteiger partial charge in [0.05, 0.1) is 39.1 Å². The smallest absolute Gasteiger partial charge is 0.339 e. The van der Waals surface area contributed by atoms with Crippen molar-refractivity contribution in [3.05, 3.63) is 46.4 Å². The predicted molar refractivity (Wildman–Crippen MR) is 123 cm³/mol. The normalized spacial score (nSPS) is 19.6. The Morgan fingerprint density at radius 3 is 2.85 bits per heavy atom. The van der Waals surface area contributed by atoms with Crippen LogP contribution in [0.1, 0.15) is 58.9 Å². The van der Waals surface area contributed by atoms with Crippen LogP contribution in [0.2, 0.25) is 0 Å². The molecule has 1 saturated carbocycles. The lowest BCUT2D eigenvalue weighted by Gasteiger charge is -2.11. The van der Waals surface area contributed by atoms with Crippen molar-refractivity contribution in [3.8, 4) is 10.7 Å². The first-order chi connectivity index (χ1) is 16.4. The Bertz CT molecular complexity index is 1500. The number of hydrogen-bond donors (Lipinski definition) is 0. The summed E-state index contributed by atoms with van der Waals surface area (Å²) in [5, 5.41) is 11.0. The predicted octanol–water partition coefficient (Wildman–Crippen LogP) is 3.45. The van der Waals surface area contributed by atoms with Gasteiger partial charge in [-0.15, -0.1) is 11.3 Å². The maximum Gasteiger partial charge on any atom is 0.339 e. The number of sulfone groups is 1. The molecule has 0 radical (unpaired) electrons. The number of carbonyl (C=O) groups is 1. The largest absolute Gasteiger partial charge is 0.452 e. The second-order valence-electron chi connectivity index (χ2n) is 8.72. The van der Waals surface area contributed by atoms with E-state index >= 15 is 0 Å². The first-order valence-electron chi connectivity index (χ1n) is 11.0. The average Bonchev–Trinajstić information content (AvgIpc) is 3.16.